The van der Waals surface area contributed by atoms with E-state index in [0.29, 0.717) is 40.3 Å². The lowest BCUT2D eigenvalue weighted by Gasteiger charge is -2.13. The van der Waals surface area contributed by atoms with Gasteiger partial charge in [0, 0.05) is 17.8 Å². The normalized spacial score (nSPS) is 11.3. The van der Waals surface area contributed by atoms with Crippen LogP contribution in [0.4, 0.5) is 5.69 Å². The maximum atomic E-state index is 13.3. The first kappa shape index (κ1) is 20.5. The molecule has 0 radical (unpaired) electrons. The first-order chi connectivity index (χ1) is 14.9. The first-order valence-corrected chi connectivity index (χ1v) is 10.2. The number of fused-ring (bicyclic) bond motifs is 1. The molecule has 1 N–H and O–H groups in total. The Hall–Kier alpha value is -3.81. The lowest BCUT2D eigenvalue weighted by atomic mass is 10.1. The van der Waals surface area contributed by atoms with Gasteiger partial charge in [0.25, 0.3) is 17.4 Å². The van der Waals surface area contributed by atoms with Crippen LogP contribution in [0.25, 0.3) is 22.2 Å². The standard InChI is InChI=1S/C23H23N5O3/c1-5-28-23(30)16-11-7-6-10-15(16)19(26-28)21(29)24-18-14(4)9-8-12-17(18)22-25-20(13(2)3)27-31-22/h6-13H,5H2,1-4H3,(H,24,29). The van der Waals surface area contributed by atoms with Gasteiger partial charge in [-0.05, 0) is 31.5 Å². The molecule has 2 aromatic heterocycles. The van der Waals surface area contributed by atoms with Crippen LogP contribution >= 0.6 is 0 Å². The quantitative estimate of drug-likeness (QED) is 0.523. The van der Waals surface area contributed by atoms with E-state index in [-0.39, 0.29) is 17.2 Å². The number of rotatable bonds is 5. The molecule has 1 amide bonds. The van der Waals surface area contributed by atoms with E-state index in [1.807, 2.05) is 45.9 Å². The van der Waals surface area contributed by atoms with Crippen LogP contribution < -0.4 is 10.9 Å². The monoisotopic (exact) mass is 417 g/mol. The van der Waals surface area contributed by atoms with E-state index < -0.39 is 5.91 Å². The van der Waals surface area contributed by atoms with Gasteiger partial charge in [0.05, 0.1) is 16.6 Å². The summed E-state index contributed by atoms with van der Waals surface area (Å²) in [4.78, 5) is 30.3. The number of amides is 1. The van der Waals surface area contributed by atoms with Gasteiger partial charge in [-0.3, -0.25) is 9.59 Å². The number of aryl methyl sites for hydroxylation is 2. The molecule has 0 fully saturated rings. The van der Waals surface area contributed by atoms with Gasteiger partial charge < -0.3 is 9.84 Å². The largest absolute Gasteiger partial charge is 0.334 e. The van der Waals surface area contributed by atoms with Crippen molar-refractivity contribution in [3.05, 3.63) is 69.9 Å². The number of anilines is 1. The lowest BCUT2D eigenvalue weighted by molar-refractivity contribution is 0.102. The van der Waals surface area contributed by atoms with Crippen molar-refractivity contribution in [2.75, 3.05) is 5.32 Å². The molecule has 2 heterocycles. The maximum Gasteiger partial charge on any atom is 0.276 e. The van der Waals surface area contributed by atoms with Crippen molar-refractivity contribution in [3.63, 3.8) is 0 Å². The van der Waals surface area contributed by atoms with E-state index in [1.165, 1.54) is 4.68 Å². The smallest absolute Gasteiger partial charge is 0.276 e. The number of aromatic nitrogens is 4. The van der Waals surface area contributed by atoms with Crippen LogP contribution in [-0.2, 0) is 6.54 Å². The van der Waals surface area contributed by atoms with Gasteiger partial charge in [0.2, 0.25) is 0 Å². The van der Waals surface area contributed by atoms with Gasteiger partial charge in [-0.25, -0.2) is 4.68 Å². The minimum atomic E-state index is -0.419. The minimum Gasteiger partial charge on any atom is -0.334 e. The van der Waals surface area contributed by atoms with Gasteiger partial charge in [-0.2, -0.15) is 10.1 Å². The average Bonchev–Trinajstić information content (AvgIpc) is 3.26. The van der Waals surface area contributed by atoms with Crippen molar-refractivity contribution in [2.24, 2.45) is 0 Å². The molecule has 0 spiro atoms. The molecule has 0 atom stereocenters. The summed E-state index contributed by atoms with van der Waals surface area (Å²) in [6.45, 7) is 8.02. The van der Waals surface area contributed by atoms with Gasteiger partial charge in [0.15, 0.2) is 11.5 Å². The molecule has 0 aliphatic rings. The number of hydrogen-bond acceptors (Lipinski definition) is 6. The third kappa shape index (κ3) is 3.72. The Morgan fingerprint density at radius 2 is 1.87 bits per heavy atom. The van der Waals surface area contributed by atoms with E-state index >= 15 is 0 Å². The SMILES string of the molecule is CCn1nc(C(=O)Nc2c(C)cccc2-c2nc(C(C)C)no2)c2ccccc2c1=O. The molecule has 0 saturated carbocycles. The van der Waals surface area contributed by atoms with Crippen molar-refractivity contribution in [3.8, 4) is 11.5 Å². The summed E-state index contributed by atoms with van der Waals surface area (Å²) in [5.74, 6) is 0.624. The van der Waals surface area contributed by atoms with Crippen molar-refractivity contribution in [1.29, 1.82) is 0 Å². The summed E-state index contributed by atoms with van der Waals surface area (Å²) in [5, 5.41) is 12.2. The topological polar surface area (TPSA) is 103 Å². The molecule has 4 rings (SSSR count). The maximum absolute atomic E-state index is 13.3. The molecule has 2 aromatic carbocycles. The molecule has 8 nitrogen and oxygen atoms in total. The lowest BCUT2D eigenvalue weighted by Crippen LogP contribution is -2.27. The Balaban J connectivity index is 1.80. The van der Waals surface area contributed by atoms with E-state index in [1.54, 1.807) is 24.3 Å². The predicted molar refractivity (Wildman–Crippen MR) is 118 cm³/mol. The summed E-state index contributed by atoms with van der Waals surface area (Å²) in [6.07, 6.45) is 0. The fourth-order valence-electron chi connectivity index (χ4n) is 3.38. The van der Waals surface area contributed by atoms with Crippen LogP contribution in [0, 0.1) is 6.92 Å². The third-order valence-corrected chi connectivity index (χ3v) is 5.08. The molecule has 4 aromatic rings. The van der Waals surface area contributed by atoms with Crippen LogP contribution in [0.2, 0.25) is 0 Å². The first-order valence-electron chi connectivity index (χ1n) is 10.2. The Morgan fingerprint density at radius 3 is 2.55 bits per heavy atom. The third-order valence-electron chi connectivity index (χ3n) is 5.08. The second kappa shape index (κ2) is 8.14. The second-order valence-corrected chi connectivity index (χ2v) is 7.58. The highest BCUT2D eigenvalue weighted by Crippen LogP contribution is 2.31. The zero-order valence-electron chi connectivity index (χ0n) is 17.8. The van der Waals surface area contributed by atoms with Crippen LogP contribution in [-0.4, -0.2) is 25.8 Å². The Labute approximate surface area is 178 Å². The molecular weight excluding hydrogens is 394 g/mol. The summed E-state index contributed by atoms with van der Waals surface area (Å²) < 4.78 is 6.74. The Kier molecular flexibility index (Phi) is 5.37. The van der Waals surface area contributed by atoms with Crippen molar-refractivity contribution < 1.29 is 9.32 Å². The molecule has 0 saturated heterocycles. The second-order valence-electron chi connectivity index (χ2n) is 7.58. The van der Waals surface area contributed by atoms with Crippen molar-refractivity contribution in [2.45, 2.75) is 40.2 Å². The number of carbonyl (C=O) groups is 1. The average molecular weight is 417 g/mol. The van der Waals surface area contributed by atoms with Crippen LogP contribution in [0.15, 0.2) is 51.8 Å². The highest BCUT2D eigenvalue weighted by atomic mass is 16.5. The summed E-state index contributed by atoms with van der Waals surface area (Å²) in [5.41, 5.74) is 1.98. The number of hydrogen-bond donors (Lipinski definition) is 1. The van der Waals surface area contributed by atoms with E-state index in [0.717, 1.165) is 5.56 Å². The fourth-order valence-corrected chi connectivity index (χ4v) is 3.38. The fraction of sp³-hybridized carbons (Fsp3) is 0.261. The van der Waals surface area contributed by atoms with Gasteiger partial charge >= 0.3 is 0 Å². The number of benzene rings is 2. The molecular formula is C23H23N5O3. The minimum absolute atomic E-state index is 0.117. The molecule has 0 bridgehead atoms. The molecule has 31 heavy (non-hydrogen) atoms. The summed E-state index contributed by atoms with van der Waals surface area (Å²) in [6, 6.07) is 12.5. The van der Waals surface area contributed by atoms with E-state index in [2.05, 4.69) is 20.6 Å². The van der Waals surface area contributed by atoms with Crippen LogP contribution in [0.3, 0.4) is 0 Å². The molecule has 8 heteroatoms. The number of nitrogens with zero attached hydrogens (tertiary/aromatic N) is 4. The zero-order chi connectivity index (χ0) is 22.1. The van der Waals surface area contributed by atoms with E-state index in [9.17, 15) is 9.59 Å². The highest BCUT2D eigenvalue weighted by Gasteiger charge is 2.21. The van der Waals surface area contributed by atoms with Crippen LogP contribution in [0.5, 0.6) is 0 Å². The molecule has 0 aliphatic carbocycles. The Bertz CT molecular complexity index is 1340. The highest BCUT2D eigenvalue weighted by molar-refractivity contribution is 6.12. The van der Waals surface area contributed by atoms with Crippen molar-refractivity contribution >= 4 is 22.4 Å². The van der Waals surface area contributed by atoms with Crippen molar-refractivity contribution in [1.82, 2.24) is 19.9 Å². The van der Waals surface area contributed by atoms with Gasteiger partial charge in [-0.1, -0.05) is 49.3 Å². The number of carbonyl (C=O) groups excluding carboxylic acids is 1. The van der Waals surface area contributed by atoms with Crippen LogP contribution in [0.1, 0.15) is 48.6 Å². The summed E-state index contributed by atoms with van der Waals surface area (Å²) >= 11 is 0. The van der Waals surface area contributed by atoms with E-state index in [4.69, 9.17) is 4.52 Å². The summed E-state index contributed by atoms with van der Waals surface area (Å²) in [7, 11) is 0. The molecule has 0 unspecified atom stereocenters. The molecule has 158 valence electrons. The zero-order valence-corrected chi connectivity index (χ0v) is 17.8. The van der Waals surface area contributed by atoms with Gasteiger partial charge in [-0.15, -0.1) is 0 Å². The van der Waals surface area contributed by atoms with Gasteiger partial charge in [0.1, 0.15) is 0 Å². The Morgan fingerprint density at radius 1 is 1.13 bits per heavy atom. The molecule has 0 aliphatic heterocycles. The number of para-hydroxylation sites is 1. The predicted octanol–water partition coefficient (Wildman–Crippen LogP) is 4.15. The number of nitrogens with one attached hydrogen (secondary N) is 1.